The molecule has 1 fully saturated rings. The van der Waals surface area contributed by atoms with E-state index in [4.69, 9.17) is 4.98 Å². The third kappa shape index (κ3) is 4.33. The number of benzene rings is 3. The van der Waals surface area contributed by atoms with Gasteiger partial charge in [0.2, 0.25) is 11.9 Å². The van der Waals surface area contributed by atoms with Gasteiger partial charge in [-0.3, -0.25) is 14.9 Å². The number of nitrogens with zero attached hydrogens (tertiary/aromatic N) is 7. The van der Waals surface area contributed by atoms with Gasteiger partial charge < -0.3 is 9.80 Å². The number of hydrogen-bond acceptors (Lipinski definition) is 7. The van der Waals surface area contributed by atoms with E-state index >= 15 is 0 Å². The van der Waals surface area contributed by atoms with Gasteiger partial charge in [0.05, 0.1) is 21.9 Å². The third-order valence-corrected chi connectivity index (χ3v) is 7.35. The van der Waals surface area contributed by atoms with Crippen molar-refractivity contribution in [2.24, 2.45) is 0 Å². The van der Waals surface area contributed by atoms with Crippen LogP contribution in [-0.4, -0.2) is 61.5 Å². The number of piperazine rings is 1. The first kappa shape index (κ1) is 24.5. The zero-order valence-corrected chi connectivity index (χ0v) is 21.5. The topological polar surface area (TPSA) is 110 Å². The van der Waals surface area contributed by atoms with E-state index in [0.29, 0.717) is 49.2 Å². The molecule has 0 spiro atoms. The predicted octanol–water partition coefficient (Wildman–Crippen LogP) is 4.70. The predicted molar refractivity (Wildman–Crippen MR) is 149 cm³/mol. The smallest absolute Gasteiger partial charge is 0.280 e. The average Bonchev–Trinajstić information content (AvgIpc) is 3.43. The van der Waals surface area contributed by atoms with Gasteiger partial charge in [-0.1, -0.05) is 61.5 Å². The van der Waals surface area contributed by atoms with Crippen molar-refractivity contribution in [2.45, 2.75) is 19.3 Å². The lowest BCUT2D eigenvalue weighted by Crippen LogP contribution is -2.50. The van der Waals surface area contributed by atoms with E-state index in [9.17, 15) is 14.9 Å². The van der Waals surface area contributed by atoms with E-state index in [2.05, 4.69) is 15.1 Å². The summed E-state index contributed by atoms with van der Waals surface area (Å²) in [5.41, 5.74) is 2.69. The van der Waals surface area contributed by atoms with Crippen molar-refractivity contribution >= 4 is 34.1 Å². The summed E-state index contributed by atoms with van der Waals surface area (Å²) in [6, 6.07) is 24.1. The molecule has 10 heteroatoms. The number of carbonyl (C=O) groups is 1. The minimum Gasteiger partial charge on any atom is -0.339 e. The number of hydrogen-bond donors (Lipinski definition) is 0. The Morgan fingerprint density at radius 2 is 1.62 bits per heavy atom. The second kappa shape index (κ2) is 10.1. The van der Waals surface area contributed by atoms with Crippen LogP contribution in [0.2, 0.25) is 0 Å². The average molecular weight is 522 g/mol. The highest BCUT2D eigenvalue weighted by Gasteiger charge is 2.30. The normalized spacial score (nSPS) is 14.6. The number of amides is 1. The quantitative estimate of drug-likeness (QED) is 0.235. The Kier molecular flexibility index (Phi) is 6.36. The summed E-state index contributed by atoms with van der Waals surface area (Å²) in [6.45, 7) is 4.25. The molecule has 1 aliphatic rings. The SMILES string of the molecule is CC[C@H](C(=O)N1CCN(c2nc3ccccc3c3nnc(-c4ccccc4[N+](=O)[O-])n23)CC1)c1ccccc1. The first-order valence-electron chi connectivity index (χ1n) is 13.0. The summed E-state index contributed by atoms with van der Waals surface area (Å²) in [4.78, 5) is 33.9. The molecule has 1 amide bonds. The first-order valence-corrected chi connectivity index (χ1v) is 13.0. The highest BCUT2D eigenvalue weighted by atomic mass is 16.6. The number of anilines is 1. The van der Waals surface area contributed by atoms with Gasteiger partial charge in [0.25, 0.3) is 5.69 Å². The van der Waals surface area contributed by atoms with Crippen molar-refractivity contribution < 1.29 is 9.72 Å². The monoisotopic (exact) mass is 521 g/mol. The molecular formula is C29H27N7O3. The van der Waals surface area contributed by atoms with Gasteiger partial charge in [0.1, 0.15) is 0 Å². The number of rotatable bonds is 6. The summed E-state index contributed by atoms with van der Waals surface area (Å²) >= 11 is 0. The summed E-state index contributed by atoms with van der Waals surface area (Å²) in [5.74, 6) is 0.916. The standard InChI is InChI=1S/C29H27N7O3/c1-2-21(20-10-4-3-5-11-20)28(37)33-16-18-34(19-17-33)29-30-24-14-8-6-12-22(24)26-31-32-27(35(26)29)23-13-7-9-15-25(23)36(38)39/h3-15,21H,2,16-19H2,1H3/t21-/m0/s1. The molecule has 196 valence electrons. The molecule has 6 rings (SSSR count). The van der Waals surface area contributed by atoms with E-state index in [-0.39, 0.29) is 17.5 Å². The van der Waals surface area contributed by atoms with Crippen molar-refractivity contribution in [3.05, 3.63) is 94.5 Å². The van der Waals surface area contributed by atoms with E-state index in [1.807, 2.05) is 66.4 Å². The Morgan fingerprint density at radius 1 is 0.923 bits per heavy atom. The van der Waals surface area contributed by atoms with E-state index in [1.54, 1.807) is 22.6 Å². The van der Waals surface area contributed by atoms with Gasteiger partial charge in [-0.25, -0.2) is 9.38 Å². The highest BCUT2D eigenvalue weighted by molar-refractivity contribution is 5.93. The van der Waals surface area contributed by atoms with Gasteiger partial charge in [-0.2, -0.15) is 0 Å². The molecule has 5 aromatic rings. The molecule has 39 heavy (non-hydrogen) atoms. The summed E-state index contributed by atoms with van der Waals surface area (Å²) in [5, 5.41) is 21.5. The van der Waals surface area contributed by atoms with E-state index in [1.165, 1.54) is 6.07 Å². The van der Waals surface area contributed by atoms with Crippen LogP contribution in [0, 0.1) is 10.1 Å². The molecule has 1 saturated heterocycles. The zero-order chi connectivity index (χ0) is 26.9. The zero-order valence-electron chi connectivity index (χ0n) is 21.5. The minimum absolute atomic E-state index is 0.0483. The number of aromatic nitrogens is 4. The Balaban J connectivity index is 1.37. The van der Waals surface area contributed by atoms with Crippen LogP contribution in [0.1, 0.15) is 24.8 Å². The second-order valence-corrected chi connectivity index (χ2v) is 9.57. The molecule has 3 heterocycles. The van der Waals surface area contributed by atoms with E-state index in [0.717, 1.165) is 22.9 Å². The molecule has 2 aromatic heterocycles. The van der Waals surface area contributed by atoms with Crippen LogP contribution >= 0.6 is 0 Å². The summed E-state index contributed by atoms with van der Waals surface area (Å²) in [6.07, 6.45) is 0.732. The maximum absolute atomic E-state index is 13.5. The lowest BCUT2D eigenvalue weighted by molar-refractivity contribution is -0.384. The van der Waals surface area contributed by atoms with Crippen molar-refractivity contribution in [2.75, 3.05) is 31.1 Å². The molecule has 3 aromatic carbocycles. The lowest BCUT2D eigenvalue weighted by Gasteiger charge is -2.37. The van der Waals surface area contributed by atoms with Crippen LogP contribution < -0.4 is 4.90 Å². The Morgan fingerprint density at radius 3 is 2.36 bits per heavy atom. The molecule has 1 aliphatic heterocycles. The van der Waals surface area contributed by atoms with Crippen LogP contribution in [0.25, 0.3) is 27.9 Å². The van der Waals surface area contributed by atoms with Crippen LogP contribution in [0.5, 0.6) is 0 Å². The molecule has 1 atom stereocenters. The largest absolute Gasteiger partial charge is 0.339 e. The number of nitro benzene ring substituents is 1. The van der Waals surface area contributed by atoms with Crippen LogP contribution in [0.3, 0.4) is 0 Å². The first-order chi connectivity index (χ1) is 19.1. The van der Waals surface area contributed by atoms with Gasteiger partial charge in [-0.15, -0.1) is 10.2 Å². The molecule has 10 nitrogen and oxygen atoms in total. The van der Waals surface area contributed by atoms with Gasteiger partial charge in [0, 0.05) is 37.6 Å². The van der Waals surface area contributed by atoms with Crippen LogP contribution in [0.15, 0.2) is 78.9 Å². The van der Waals surface area contributed by atoms with Crippen molar-refractivity contribution in [3.8, 4) is 11.4 Å². The van der Waals surface area contributed by atoms with Crippen molar-refractivity contribution in [1.82, 2.24) is 24.5 Å². The fraction of sp³-hybridized carbons (Fsp3) is 0.241. The van der Waals surface area contributed by atoms with E-state index < -0.39 is 4.92 Å². The highest BCUT2D eigenvalue weighted by Crippen LogP contribution is 2.33. The van der Waals surface area contributed by atoms with Gasteiger partial charge >= 0.3 is 0 Å². The number of carbonyl (C=O) groups excluding carboxylic acids is 1. The molecule has 0 saturated carbocycles. The summed E-state index contributed by atoms with van der Waals surface area (Å²) < 4.78 is 1.81. The Bertz CT molecular complexity index is 1680. The number of para-hydroxylation sites is 2. The fourth-order valence-electron chi connectivity index (χ4n) is 5.36. The second-order valence-electron chi connectivity index (χ2n) is 9.57. The van der Waals surface area contributed by atoms with Gasteiger partial charge in [0.15, 0.2) is 11.5 Å². The number of fused-ring (bicyclic) bond motifs is 3. The number of nitro groups is 1. The van der Waals surface area contributed by atoms with Gasteiger partial charge in [-0.05, 0) is 30.2 Å². The van der Waals surface area contributed by atoms with Crippen molar-refractivity contribution in [1.29, 1.82) is 0 Å². The molecular weight excluding hydrogens is 494 g/mol. The minimum atomic E-state index is -0.411. The Labute approximate surface area is 224 Å². The third-order valence-electron chi connectivity index (χ3n) is 7.35. The van der Waals surface area contributed by atoms with Crippen molar-refractivity contribution in [3.63, 3.8) is 0 Å². The summed E-state index contributed by atoms with van der Waals surface area (Å²) in [7, 11) is 0. The Hall–Kier alpha value is -4.86. The fourth-order valence-corrected chi connectivity index (χ4v) is 5.36. The maximum Gasteiger partial charge on any atom is 0.280 e. The maximum atomic E-state index is 13.5. The molecule has 0 aliphatic carbocycles. The lowest BCUT2D eigenvalue weighted by atomic mass is 9.95. The molecule has 0 radical (unpaired) electrons. The molecule has 0 unspecified atom stereocenters. The molecule has 0 bridgehead atoms. The molecule has 0 N–H and O–H groups in total. The van der Waals surface area contributed by atoms with Crippen LogP contribution in [-0.2, 0) is 4.79 Å². The van der Waals surface area contributed by atoms with Crippen LogP contribution in [0.4, 0.5) is 11.6 Å².